The summed E-state index contributed by atoms with van der Waals surface area (Å²) in [6.45, 7) is 0. The van der Waals surface area contributed by atoms with E-state index in [9.17, 15) is 9.59 Å². The van der Waals surface area contributed by atoms with Crippen molar-refractivity contribution in [3.8, 4) is 6.07 Å². The van der Waals surface area contributed by atoms with Crippen molar-refractivity contribution in [3.63, 3.8) is 0 Å². The summed E-state index contributed by atoms with van der Waals surface area (Å²) < 4.78 is 0. The smallest absolute Gasteiger partial charge is 0.274 e. The quantitative estimate of drug-likeness (QED) is 0.759. The second-order valence-corrected chi connectivity index (χ2v) is 5.37. The number of anilines is 2. The van der Waals surface area contributed by atoms with E-state index in [0.29, 0.717) is 16.9 Å². The molecule has 0 atom stereocenters. The summed E-state index contributed by atoms with van der Waals surface area (Å²) in [6, 6.07) is 22.1. The maximum atomic E-state index is 12.3. The lowest BCUT2D eigenvalue weighted by Crippen LogP contribution is -2.18. The van der Waals surface area contributed by atoms with Crippen LogP contribution in [-0.4, -0.2) is 16.8 Å². The molecule has 1 heterocycles. The first-order valence-corrected chi connectivity index (χ1v) is 7.81. The third-order valence-corrected chi connectivity index (χ3v) is 3.52. The molecule has 3 aromatic rings. The molecule has 2 N–H and O–H groups in total. The predicted octanol–water partition coefficient (Wildman–Crippen LogP) is 3.46. The minimum Gasteiger partial charge on any atom is -0.321 e. The molecular formula is C20H14N4O2. The fourth-order valence-corrected chi connectivity index (χ4v) is 2.23. The molecule has 2 amide bonds. The number of pyridine rings is 1. The molecule has 0 spiro atoms. The molecule has 26 heavy (non-hydrogen) atoms. The molecule has 6 nitrogen and oxygen atoms in total. The highest BCUT2D eigenvalue weighted by atomic mass is 16.2. The largest absolute Gasteiger partial charge is 0.321 e. The number of carbonyl (C=O) groups excluding carboxylic acids is 2. The van der Waals surface area contributed by atoms with E-state index in [0.717, 1.165) is 0 Å². The Hall–Kier alpha value is -3.98. The molecule has 0 radical (unpaired) electrons. The van der Waals surface area contributed by atoms with Crippen molar-refractivity contribution >= 4 is 23.2 Å². The summed E-state index contributed by atoms with van der Waals surface area (Å²) in [5.41, 5.74) is 1.94. The van der Waals surface area contributed by atoms with Crippen molar-refractivity contribution in [3.05, 3.63) is 89.7 Å². The van der Waals surface area contributed by atoms with E-state index < -0.39 is 11.8 Å². The fraction of sp³-hybridized carbons (Fsp3) is 0. The monoisotopic (exact) mass is 342 g/mol. The van der Waals surface area contributed by atoms with Crippen LogP contribution in [0.5, 0.6) is 0 Å². The lowest BCUT2D eigenvalue weighted by Gasteiger charge is -2.07. The van der Waals surface area contributed by atoms with E-state index in [1.54, 1.807) is 42.5 Å². The molecule has 0 aliphatic heterocycles. The Morgan fingerprint density at radius 3 is 1.81 bits per heavy atom. The third kappa shape index (κ3) is 4.10. The van der Waals surface area contributed by atoms with Crippen molar-refractivity contribution in [1.82, 2.24) is 4.98 Å². The normalized spacial score (nSPS) is 9.81. The molecule has 2 aromatic carbocycles. The van der Waals surface area contributed by atoms with Crippen LogP contribution in [0.25, 0.3) is 0 Å². The number of hydrogen-bond acceptors (Lipinski definition) is 4. The molecule has 3 rings (SSSR count). The molecule has 126 valence electrons. The van der Waals surface area contributed by atoms with Gasteiger partial charge in [-0.05, 0) is 48.5 Å². The Kier molecular flexibility index (Phi) is 5.01. The fourth-order valence-electron chi connectivity index (χ4n) is 2.23. The molecule has 0 saturated carbocycles. The van der Waals surface area contributed by atoms with Gasteiger partial charge in [0.2, 0.25) is 0 Å². The average molecular weight is 342 g/mol. The molecule has 0 saturated heterocycles. The number of hydrogen-bond donors (Lipinski definition) is 2. The second kappa shape index (κ2) is 7.73. The zero-order valence-electron chi connectivity index (χ0n) is 13.6. The van der Waals surface area contributed by atoms with Crippen LogP contribution in [0.3, 0.4) is 0 Å². The third-order valence-electron chi connectivity index (χ3n) is 3.52. The summed E-state index contributed by atoms with van der Waals surface area (Å²) in [5, 5.41) is 14.2. The lowest BCUT2D eigenvalue weighted by atomic mass is 10.2. The number of benzene rings is 2. The molecule has 0 bridgehead atoms. The number of nitrogens with zero attached hydrogens (tertiary/aromatic N) is 2. The number of amides is 2. The van der Waals surface area contributed by atoms with Gasteiger partial charge in [0.15, 0.2) is 0 Å². The van der Waals surface area contributed by atoms with Gasteiger partial charge in [-0.25, -0.2) is 4.98 Å². The van der Waals surface area contributed by atoms with Gasteiger partial charge in [0.1, 0.15) is 11.4 Å². The van der Waals surface area contributed by atoms with Crippen LogP contribution < -0.4 is 10.6 Å². The van der Waals surface area contributed by atoms with E-state index in [2.05, 4.69) is 15.6 Å². The van der Waals surface area contributed by atoms with Gasteiger partial charge < -0.3 is 10.6 Å². The van der Waals surface area contributed by atoms with Gasteiger partial charge in [-0.15, -0.1) is 0 Å². The minimum absolute atomic E-state index is 0.120. The van der Waals surface area contributed by atoms with Crippen molar-refractivity contribution in [2.45, 2.75) is 0 Å². The highest BCUT2D eigenvalue weighted by molar-refractivity contribution is 6.06. The Morgan fingerprint density at radius 1 is 0.731 bits per heavy atom. The molecule has 0 fully saturated rings. The van der Waals surface area contributed by atoms with E-state index in [1.165, 1.54) is 12.1 Å². The number of rotatable bonds is 4. The van der Waals surface area contributed by atoms with Gasteiger partial charge in [0.25, 0.3) is 11.8 Å². The van der Waals surface area contributed by atoms with E-state index in [-0.39, 0.29) is 11.4 Å². The Labute approximate surface area is 150 Å². The Morgan fingerprint density at radius 2 is 1.27 bits per heavy atom. The van der Waals surface area contributed by atoms with E-state index in [4.69, 9.17) is 5.26 Å². The zero-order valence-corrected chi connectivity index (χ0v) is 13.6. The first-order chi connectivity index (χ1) is 12.7. The van der Waals surface area contributed by atoms with Gasteiger partial charge in [-0.2, -0.15) is 5.26 Å². The number of para-hydroxylation sites is 1. The maximum Gasteiger partial charge on any atom is 0.274 e. The molecular weight excluding hydrogens is 328 g/mol. The number of nitriles is 1. The summed E-state index contributed by atoms with van der Waals surface area (Å²) in [6.07, 6.45) is 0. The van der Waals surface area contributed by atoms with Crippen LogP contribution in [-0.2, 0) is 0 Å². The number of nitrogens with one attached hydrogen (secondary N) is 2. The summed E-state index contributed by atoms with van der Waals surface area (Å²) in [4.78, 5) is 28.7. The van der Waals surface area contributed by atoms with Crippen molar-refractivity contribution in [2.24, 2.45) is 0 Å². The average Bonchev–Trinajstić information content (AvgIpc) is 2.69. The lowest BCUT2D eigenvalue weighted by molar-refractivity contribution is 0.101. The van der Waals surface area contributed by atoms with Crippen LogP contribution >= 0.6 is 0 Å². The highest BCUT2D eigenvalue weighted by Crippen LogP contribution is 2.12. The topological polar surface area (TPSA) is 94.9 Å². The molecule has 6 heteroatoms. The van der Waals surface area contributed by atoms with Gasteiger partial charge >= 0.3 is 0 Å². The number of aromatic nitrogens is 1. The van der Waals surface area contributed by atoms with Crippen LogP contribution in [0.15, 0.2) is 72.8 Å². The predicted molar refractivity (Wildman–Crippen MR) is 97.7 cm³/mol. The molecule has 0 aliphatic rings. The Bertz CT molecular complexity index is 977. The number of carbonyl (C=O) groups is 2. The van der Waals surface area contributed by atoms with E-state index in [1.807, 2.05) is 24.3 Å². The van der Waals surface area contributed by atoms with Gasteiger partial charge in [-0.3, -0.25) is 9.59 Å². The van der Waals surface area contributed by atoms with Crippen molar-refractivity contribution < 1.29 is 9.59 Å². The van der Waals surface area contributed by atoms with Gasteiger partial charge in [0, 0.05) is 11.4 Å². The van der Waals surface area contributed by atoms with Crippen LogP contribution in [0.1, 0.15) is 26.5 Å². The summed E-state index contributed by atoms with van der Waals surface area (Å²) in [5.74, 6) is -0.840. The standard InChI is InChI=1S/C20H14N4O2/c21-13-14-9-11-16(12-10-14)23-20(26)18-8-4-7-17(24-18)19(25)22-15-5-2-1-3-6-15/h1-12H,(H,22,25)(H,23,26). The van der Waals surface area contributed by atoms with Crippen LogP contribution in [0.4, 0.5) is 11.4 Å². The molecule has 1 aromatic heterocycles. The summed E-state index contributed by atoms with van der Waals surface area (Å²) >= 11 is 0. The zero-order chi connectivity index (χ0) is 18.4. The first kappa shape index (κ1) is 16.9. The molecule has 0 unspecified atom stereocenters. The summed E-state index contributed by atoms with van der Waals surface area (Å²) in [7, 11) is 0. The second-order valence-electron chi connectivity index (χ2n) is 5.37. The van der Waals surface area contributed by atoms with Crippen LogP contribution in [0, 0.1) is 11.3 Å². The van der Waals surface area contributed by atoms with Gasteiger partial charge in [-0.1, -0.05) is 24.3 Å². The van der Waals surface area contributed by atoms with Gasteiger partial charge in [0.05, 0.1) is 11.6 Å². The minimum atomic E-state index is -0.441. The van der Waals surface area contributed by atoms with E-state index >= 15 is 0 Å². The SMILES string of the molecule is N#Cc1ccc(NC(=O)c2cccc(C(=O)Nc3ccccc3)n2)cc1. The first-order valence-electron chi connectivity index (χ1n) is 7.81. The maximum absolute atomic E-state index is 12.3. The van der Waals surface area contributed by atoms with Crippen molar-refractivity contribution in [2.75, 3.05) is 10.6 Å². The van der Waals surface area contributed by atoms with Crippen LogP contribution in [0.2, 0.25) is 0 Å². The Balaban J connectivity index is 1.72. The molecule has 0 aliphatic carbocycles. The van der Waals surface area contributed by atoms with Crippen molar-refractivity contribution in [1.29, 1.82) is 5.26 Å². The highest BCUT2D eigenvalue weighted by Gasteiger charge is 2.13.